The number of benzene rings is 1. The highest BCUT2D eigenvalue weighted by molar-refractivity contribution is 5.40. The third-order valence-corrected chi connectivity index (χ3v) is 4.02. The zero-order valence-electron chi connectivity index (χ0n) is 12.1. The van der Waals surface area contributed by atoms with E-state index in [1.807, 2.05) is 12.1 Å². The van der Waals surface area contributed by atoms with E-state index in [-0.39, 0.29) is 5.41 Å². The lowest BCUT2D eigenvalue weighted by Crippen LogP contribution is -2.31. The van der Waals surface area contributed by atoms with E-state index >= 15 is 0 Å². The first-order valence-corrected chi connectivity index (χ1v) is 6.73. The zero-order chi connectivity index (χ0) is 13.9. The van der Waals surface area contributed by atoms with Crippen molar-refractivity contribution in [2.24, 2.45) is 11.1 Å². The molecule has 0 saturated carbocycles. The van der Waals surface area contributed by atoms with Crippen LogP contribution in [0, 0.1) is 5.41 Å². The van der Waals surface area contributed by atoms with Gasteiger partial charge in [0.1, 0.15) is 11.5 Å². The van der Waals surface area contributed by atoms with Crippen LogP contribution in [0.25, 0.3) is 0 Å². The molecule has 0 spiro atoms. The number of methoxy groups -OCH3 is 2. The smallest absolute Gasteiger partial charge is 0.127 e. The second kappa shape index (κ2) is 5.80. The predicted octanol–water partition coefficient (Wildman–Crippen LogP) is 1.87. The maximum Gasteiger partial charge on any atom is 0.127 e. The van der Waals surface area contributed by atoms with Crippen molar-refractivity contribution >= 4 is 0 Å². The summed E-state index contributed by atoms with van der Waals surface area (Å²) in [5.74, 6) is 1.72. The standard InChI is InChI=1S/C15H24N2O2/c1-15(10-16)6-7-17(11-15)9-12-4-5-13(18-2)8-14(12)19-3/h4-5,8H,6-7,9-11,16H2,1-3H3. The number of rotatable bonds is 5. The lowest BCUT2D eigenvalue weighted by atomic mass is 9.90. The third kappa shape index (κ3) is 3.19. The van der Waals surface area contributed by atoms with Gasteiger partial charge in [-0.15, -0.1) is 0 Å². The molecule has 1 aromatic rings. The molecule has 4 heteroatoms. The van der Waals surface area contributed by atoms with Gasteiger partial charge in [0.2, 0.25) is 0 Å². The van der Waals surface area contributed by atoms with Crippen molar-refractivity contribution in [1.82, 2.24) is 4.90 Å². The molecule has 4 nitrogen and oxygen atoms in total. The van der Waals surface area contributed by atoms with Gasteiger partial charge in [-0.3, -0.25) is 4.90 Å². The molecular weight excluding hydrogens is 240 g/mol. The Kier molecular flexibility index (Phi) is 4.32. The summed E-state index contributed by atoms with van der Waals surface area (Å²) in [5.41, 5.74) is 7.31. The van der Waals surface area contributed by atoms with Crippen molar-refractivity contribution in [3.63, 3.8) is 0 Å². The molecule has 0 radical (unpaired) electrons. The molecule has 1 aliphatic heterocycles. The van der Waals surface area contributed by atoms with Crippen LogP contribution in [0.5, 0.6) is 11.5 Å². The summed E-state index contributed by atoms with van der Waals surface area (Å²) in [6.45, 7) is 6.08. The van der Waals surface area contributed by atoms with Gasteiger partial charge < -0.3 is 15.2 Å². The van der Waals surface area contributed by atoms with E-state index in [9.17, 15) is 0 Å². The predicted molar refractivity (Wildman–Crippen MR) is 76.6 cm³/mol. The van der Waals surface area contributed by atoms with E-state index in [1.165, 1.54) is 12.0 Å². The molecule has 1 fully saturated rings. The van der Waals surface area contributed by atoms with Crippen molar-refractivity contribution in [2.45, 2.75) is 19.9 Å². The average Bonchev–Trinajstić information content (AvgIpc) is 2.81. The highest BCUT2D eigenvalue weighted by atomic mass is 16.5. The molecule has 1 saturated heterocycles. The first-order valence-electron chi connectivity index (χ1n) is 6.73. The van der Waals surface area contributed by atoms with Crippen LogP contribution in [-0.2, 0) is 6.54 Å². The minimum absolute atomic E-state index is 0.264. The van der Waals surface area contributed by atoms with Crippen molar-refractivity contribution in [3.05, 3.63) is 23.8 Å². The van der Waals surface area contributed by atoms with Gasteiger partial charge in [0.15, 0.2) is 0 Å². The van der Waals surface area contributed by atoms with E-state index in [0.29, 0.717) is 0 Å². The molecule has 1 atom stereocenters. The molecule has 1 unspecified atom stereocenters. The molecule has 1 aromatic carbocycles. The molecule has 0 aromatic heterocycles. The van der Waals surface area contributed by atoms with Crippen molar-refractivity contribution < 1.29 is 9.47 Å². The van der Waals surface area contributed by atoms with Crippen LogP contribution in [0.1, 0.15) is 18.9 Å². The number of nitrogens with two attached hydrogens (primary N) is 1. The fourth-order valence-corrected chi connectivity index (χ4v) is 2.65. The second-order valence-electron chi connectivity index (χ2n) is 5.65. The van der Waals surface area contributed by atoms with Gasteiger partial charge in [-0.05, 0) is 31.0 Å². The Morgan fingerprint density at radius 3 is 2.68 bits per heavy atom. The molecule has 0 amide bonds. The van der Waals surface area contributed by atoms with Gasteiger partial charge in [0.05, 0.1) is 14.2 Å². The Bertz CT molecular complexity index is 436. The van der Waals surface area contributed by atoms with Crippen LogP contribution in [0.4, 0.5) is 0 Å². The molecule has 2 N–H and O–H groups in total. The van der Waals surface area contributed by atoms with Crippen LogP contribution in [0.3, 0.4) is 0 Å². The summed E-state index contributed by atoms with van der Waals surface area (Å²) < 4.78 is 10.7. The highest BCUT2D eigenvalue weighted by Gasteiger charge is 2.32. The lowest BCUT2D eigenvalue weighted by molar-refractivity contribution is 0.270. The maximum absolute atomic E-state index is 5.85. The van der Waals surface area contributed by atoms with Crippen molar-refractivity contribution in [3.8, 4) is 11.5 Å². The van der Waals surface area contributed by atoms with Gasteiger partial charge >= 0.3 is 0 Å². The summed E-state index contributed by atoms with van der Waals surface area (Å²) >= 11 is 0. The molecule has 0 aliphatic carbocycles. The van der Waals surface area contributed by atoms with Gasteiger partial charge in [0, 0.05) is 24.7 Å². The van der Waals surface area contributed by atoms with Crippen molar-refractivity contribution in [2.75, 3.05) is 33.9 Å². The first kappa shape index (κ1) is 14.2. The summed E-state index contributed by atoms with van der Waals surface area (Å²) in [4.78, 5) is 2.44. The zero-order valence-corrected chi connectivity index (χ0v) is 12.1. The van der Waals surface area contributed by atoms with Crippen molar-refractivity contribution in [1.29, 1.82) is 0 Å². The summed E-state index contributed by atoms with van der Waals surface area (Å²) in [5, 5.41) is 0. The van der Waals surface area contributed by atoms with Crippen LogP contribution in [0.15, 0.2) is 18.2 Å². The van der Waals surface area contributed by atoms with Crippen LogP contribution >= 0.6 is 0 Å². The van der Waals surface area contributed by atoms with Gasteiger partial charge in [0.25, 0.3) is 0 Å². The van der Waals surface area contributed by atoms with Gasteiger partial charge in [-0.25, -0.2) is 0 Å². The first-order chi connectivity index (χ1) is 9.10. The summed E-state index contributed by atoms with van der Waals surface area (Å²) in [7, 11) is 3.37. The largest absolute Gasteiger partial charge is 0.497 e. The molecule has 106 valence electrons. The maximum atomic E-state index is 5.85. The van der Waals surface area contributed by atoms with E-state index in [4.69, 9.17) is 15.2 Å². The molecule has 19 heavy (non-hydrogen) atoms. The Morgan fingerprint density at radius 1 is 1.32 bits per heavy atom. The molecule has 1 aliphatic rings. The Morgan fingerprint density at radius 2 is 2.11 bits per heavy atom. The molecule has 2 rings (SSSR count). The van der Waals surface area contributed by atoms with Gasteiger partial charge in [-0.2, -0.15) is 0 Å². The lowest BCUT2D eigenvalue weighted by Gasteiger charge is -2.23. The molecular formula is C15H24N2O2. The number of ether oxygens (including phenoxy) is 2. The highest BCUT2D eigenvalue weighted by Crippen LogP contribution is 2.32. The molecule has 1 heterocycles. The van der Waals surface area contributed by atoms with E-state index < -0.39 is 0 Å². The number of nitrogens with zero attached hydrogens (tertiary/aromatic N) is 1. The molecule has 0 bridgehead atoms. The quantitative estimate of drug-likeness (QED) is 0.882. The average molecular weight is 264 g/mol. The summed E-state index contributed by atoms with van der Waals surface area (Å²) in [6, 6.07) is 6.00. The van der Waals surface area contributed by atoms with Crippen LogP contribution in [-0.4, -0.2) is 38.8 Å². The fraction of sp³-hybridized carbons (Fsp3) is 0.600. The minimum Gasteiger partial charge on any atom is -0.497 e. The van der Waals surface area contributed by atoms with Gasteiger partial charge in [-0.1, -0.05) is 13.0 Å². The van der Waals surface area contributed by atoms with Crippen LogP contribution in [0.2, 0.25) is 0 Å². The Labute approximate surface area is 115 Å². The fourth-order valence-electron chi connectivity index (χ4n) is 2.65. The number of hydrogen-bond acceptors (Lipinski definition) is 4. The number of likely N-dealkylation sites (tertiary alicyclic amines) is 1. The van der Waals surface area contributed by atoms with Crippen LogP contribution < -0.4 is 15.2 Å². The Hall–Kier alpha value is -1.26. The Balaban J connectivity index is 2.07. The van der Waals surface area contributed by atoms with E-state index in [0.717, 1.165) is 37.7 Å². The SMILES string of the molecule is COc1ccc(CN2CCC(C)(CN)C2)c(OC)c1. The minimum atomic E-state index is 0.264. The van der Waals surface area contributed by atoms with E-state index in [1.54, 1.807) is 14.2 Å². The third-order valence-electron chi connectivity index (χ3n) is 4.02. The second-order valence-corrected chi connectivity index (χ2v) is 5.65. The monoisotopic (exact) mass is 264 g/mol. The number of hydrogen-bond donors (Lipinski definition) is 1. The summed E-state index contributed by atoms with van der Waals surface area (Å²) in [6.07, 6.45) is 1.17. The topological polar surface area (TPSA) is 47.7 Å². The normalized spacial score (nSPS) is 23.6. The van der Waals surface area contributed by atoms with E-state index in [2.05, 4.69) is 17.9 Å².